The van der Waals surface area contributed by atoms with E-state index in [1.165, 1.54) is 11.3 Å². The molecule has 1 fully saturated rings. The summed E-state index contributed by atoms with van der Waals surface area (Å²) >= 11 is 0. The Morgan fingerprint density at radius 2 is 1.84 bits per heavy atom. The molecule has 0 bridgehead atoms. The number of nitrogens with zero attached hydrogens (tertiary/aromatic N) is 2. The van der Waals surface area contributed by atoms with Gasteiger partial charge >= 0.3 is 0 Å². The van der Waals surface area contributed by atoms with E-state index in [0.717, 1.165) is 51.4 Å². The molecule has 5 heteroatoms. The summed E-state index contributed by atoms with van der Waals surface area (Å²) in [6.45, 7) is 9.64. The minimum atomic E-state index is 0.185. The Morgan fingerprint density at radius 1 is 1.06 bits per heavy atom. The van der Waals surface area contributed by atoms with Gasteiger partial charge in [-0.05, 0) is 36.5 Å². The number of fused-ring (bicyclic) bond motifs is 1. The molecule has 0 radical (unpaired) electrons. The van der Waals surface area contributed by atoms with E-state index in [9.17, 15) is 0 Å². The van der Waals surface area contributed by atoms with Crippen LogP contribution in [0.5, 0.6) is 5.75 Å². The van der Waals surface area contributed by atoms with E-state index >= 15 is 0 Å². The van der Waals surface area contributed by atoms with Crippen LogP contribution in [0.4, 0.5) is 5.69 Å². The Morgan fingerprint density at radius 3 is 2.59 bits per heavy atom. The summed E-state index contributed by atoms with van der Waals surface area (Å²) in [4.78, 5) is 5.09. The average molecular weight is 439 g/mol. The topological polar surface area (TPSA) is 34.2 Å². The zero-order chi connectivity index (χ0) is 22.3. The molecule has 0 saturated carbocycles. The van der Waals surface area contributed by atoms with Crippen molar-refractivity contribution in [2.75, 3.05) is 51.5 Å². The molecule has 0 N–H and O–H groups in total. The molecular formula is C27H38N2O3. The molecule has 174 valence electrons. The number of ether oxygens (including phenoxy) is 3. The molecule has 2 heterocycles. The van der Waals surface area contributed by atoms with E-state index in [1.54, 1.807) is 0 Å². The fraction of sp³-hybridized carbons (Fsp3) is 0.556. The standard InChI is InChI=1S/C27H38N2O3/c1-21(2)14-16-31-19-23(28-15-13-24(18-28)30-3)17-29-25-11-7-8-12-27(25)32-20-26(29)22-9-5-4-6-10-22/h4-12,21,23-24,26H,13-20H2,1-3H3. The highest BCUT2D eigenvalue weighted by Gasteiger charge is 2.34. The monoisotopic (exact) mass is 438 g/mol. The lowest BCUT2D eigenvalue weighted by Crippen LogP contribution is -2.49. The highest BCUT2D eigenvalue weighted by molar-refractivity contribution is 5.61. The molecule has 2 aliphatic rings. The third kappa shape index (κ3) is 5.64. The van der Waals surface area contributed by atoms with Gasteiger partial charge in [0.25, 0.3) is 0 Å². The van der Waals surface area contributed by atoms with Crippen LogP contribution in [0.2, 0.25) is 0 Å². The molecule has 2 aliphatic heterocycles. The zero-order valence-electron chi connectivity index (χ0n) is 19.8. The maximum Gasteiger partial charge on any atom is 0.142 e. The van der Waals surface area contributed by atoms with E-state index in [0.29, 0.717) is 24.7 Å². The molecule has 3 atom stereocenters. The van der Waals surface area contributed by atoms with Crippen LogP contribution in [0.15, 0.2) is 54.6 Å². The number of hydrogen-bond acceptors (Lipinski definition) is 5. The molecule has 0 amide bonds. The molecular weight excluding hydrogens is 400 g/mol. The van der Waals surface area contributed by atoms with Gasteiger partial charge in [-0.1, -0.05) is 56.3 Å². The van der Waals surface area contributed by atoms with Crippen molar-refractivity contribution in [2.24, 2.45) is 5.92 Å². The molecule has 4 rings (SSSR count). The number of para-hydroxylation sites is 2. The Hall–Kier alpha value is -2.08. The van der Waals surface area contributed by atoms with Gasteiger partial charge in [-0.25, -0.2) is 0 Å². The van der Waals surface area contributed by atoms with Crippen LogP contribution in [0.25, 0.3) is 0 Å². The lowest BCUT2D eigenvalue weighted by atomic mass is 10.0. The largest absolute Gasteiger partial charge is 0.489 e. The molecule has 32 heavy (non-hydrogen) atoms. The fourth-order valence-electron chi connectivity index (χ4n) is 4.74. The Kier molecular flexibility index (Phi) is 8.06. The van der Waals surface area contributed by atoms with E-state index in [1.807, 2.05) is 7.11 Å². The molecule has 3 unspecified atom stereocenters. The van der Waals surface area contributed by atoms with Crippen molar-refractivity contribution in [3.8, 4) is 5.75 Å². The van der Waals surface area contributed by atoms with E-state index in [-0.39, 0.29) is 6.04 Å². The summed E-state index contributed by atoms with van der Waals surface area (Å²) in [6, 6.07) is 19.6. The highest BCUT2D eigenvalue weighted by atomic mass is 16.5. The van der Waals surface area contributed by atoms with Crippen LogP contribution in [0.1, 0.15) is 38.3 Å². The van der Waals surface area contributed by atoms with Crippen LogP contribution in [0, 0.1) is 5.92 Å². The van der Waals surface area contributed by atoms with E-state index in [4.69, 9.17) is 14.2 Å². The van der Waals surface area contributed by atoms with Crippen molar-refractivity contribution >= 4 is 5.69 Å². The quantitative estimate of drug-likeness (QED) is 0.499. The van der Waals surface area contributed by atoms with Gasteiger partial charge in [0.15, 0.2) is 0 Å². The molecule has 0 spiro atoms. The molecule has 5 nitrogen and oxygen atoms in total. The number of hydrogen-bond donors (Lipinski definition) is 0. The van der Waals surface area contributed by atoms with Gasteiger partial charge in [0.05, 0.1) is 30.5 Å². The smallest absolute Gasteiger partial charge is 0.142 e. The normalized spacial score (nSPS) is 22.1. The number of anilines is 1. The van der Waals surface area contributed by atoms with E-state index < -0.39 is 0 Å². The lowest BCUT2D eigenvalue weighted by molar-refractivity contribution is 0.0520. The fourth-order valence-corrected chi connectivity index (χ4v) is 4.74. The van der Waals surface area contributed by atoms with Crippen LogP contribution in [-0.4, -0.2) is 63.6 Å². The first-order valence-corrected chi connectivity index (χ1v) is 12.0. The number of methoxy groups -OCH3 is 1. The summed E-state index contributed by atoms with van der Waals surface area (Å²) in [7, 11) is 1.83. The predicted molar refractivity (Wildman–Crippen MR) is 130 cm³/mol. The summed E-state index contributed by atoms with van der Waals surface area (Å²) in [5.74, 6) is 1.63. The number of likely N-dealkylation sites (tertiary alicyclic amines) is 1. The number of rotatable bonds is 10. The Bertz CT molecular complexity index is 829. The van der Waals surface area contributed by atoms with Gasteiger partial charge in [-0.2, -0.15) is 0 Å². The highest BCUT2D eigenvalue weighted by Crippen LogP contribution is 2.39. The third-order valence-corrected chi connectivity index (χ3v) is 6.72. The summed E-state index contributed by atoms with van der Waals surface area (Å²) in [6.07, 6.45) is 2.50. The summed E-state index contributed by atoms with van der Waals surface area (Å²) in [5, 5.41) is 0. The second-order valence-corrected chi connectivity index (χ2v) is 9.41. The summed E-state index contributed by atoms with van der Waals surface area (Å²) < 4.78 is 18.1. The van der Waals surface area contributed by atoms with Gasteiger partial charge in [0.2, 0.25) is 0 Å². The molecule has 2 aromatic rings. The third-order valence-electron chi connectivity index (χ3n) is 6.72. The van der Waals surface area contributed by atoms with Gasteiger partial charge in [0.1, 0.15) is 12.4 Å². The van der Waals surface area contributed by atoms with Crippen molar-refractivity contribution < 1.29 is 14.2 Å². The van der Waals surface area contributed by atoms with Crippen LogP contribution in [0.3, 0.4) is 0 Å². The minimum absolute atomic E-state index is 0.185. The second kappa shape index (κ2) is 11.2. The van der Waals surface area contributed by atoms with Crippen LogP contribution >= 0.6 is 0 Å². The molecule has 0 aromatic heterocycles. The first-order valence-electron chi connectivity index (χ1n) is 12.0. The first-order chi connectivity index (χ1) is 15.7. The van der Waals surface area contributed by atoms with Gasteiger partial charge in [-0.15, -0.1) is 0 Å². The Balaban J connectivity index is 1.56. The minimum Gasteiger partial charge on any atom is -0.489 e. The van der Waals surface area contributed by atoms with E-state index in [2.05, 4.69) is 78.2 Å². The first kappa shape index (κ1) is 23.1. The van der Waals surface area contributed by atoms with Crippen LogP contribution in [-0.2, 0) is 9.47 Å². The predicted octanol–water partition coefficient (Wildman–Crippen LogP) is 4.78. The van der Waals surface area contributed by atoms with Crippen LogP contribution < -0.4 is 9.64 Å². The molecule has 2 aromatic carbocycles. The average Bonchev–Trinajstić information content (AvgIpc) is 3.30. The Labute approximate surface area is 193 Å². The van der Waals surface area contributed by atoms with Crippen molar-refractivity contribution in [1.29, 1.82) is 0 Å². The SMILES string of the molecule is COC1CCN(C(COCCC(C)C)CN2c3ccccc3OCC2c2ccccc2)C1. The lowest BCUT2D eigenvalue weighted by Gasteiger charge is -2.42. The summed E-state index contributed by atoms with van der Waals surface area (Å²) in [5.41, 5.74) is 2.46. The molecule has 0 aliphatic carbocycles. The van der Waals surface area contributed by atoms with Gasteiger partial charge in [0, 0.05) is 33.4 Å². The van der Waals surface area contributed by atoms with Crippen molar-refractivity contribution in [3.05, 3.63) is 60.2 Å². The maximum atomic E-state index is 6.22. The number of benzene rings is 2. The van der Waals surface area contributed by atoms with Gasteiger partial charge in [-0.3, -0.25) is 4.90 Å². The van der Waals surface area contributed by atoms with Crippen molar-refractivity contribution in [2.45, 2.75) is 44.9 Å². The van der Waals surface area contributed by atoms with Crippen molar-refractivity contribution in [1.82, 2.24) is 4.90 Å². The van der Waals surface area contributed by atoms with Crippen molar-refractivity contribution in [3.63, 3.8) is 0 Å². The zero-order valence-corrected chi connectivity index (χ0v) is 19.8. The molecule has 1 saturated heterocycles. The second-order valence-electron chi connectivity index (χ2n) is 9.41. The van der Waals surface area contributed by atoms with Gasteiger partial charge < -0.3 is 19.1 Å². The maximum absolute atomic E-state index is 6.22.